The number of hydrogen-bond donors (Lipinski definition) is 2. The standard InChI is InChI=1S/C10H14N4/c1-3-5-8(4-2)13-10-12-7-6-9(11)14-10/h1,6-8H,4-5H2,2H3,(H3,11,12,13,14). The van der Waals surface area contributed by atoms with E-state index in [0.29, 0.717) is 18.2 Å². The van der Waals surface area contributed by atoms with Gasteiger partial charge in [0, 0.05) is 18.7 Å². The zero-order valence-electron chi connectivity index (χ0n) is 8.20. The van der Waals surface area contributed by atoms with Crippen LogP contribution in [0.5, 0.6) is 0 Å². The third-order valence-electron chi connectivity index (χ3n) is 1.87. The first kappa shape index (κ1) is 10.3. The highest BCUT2D eigenvalue weighted by molar-refractivity contribution is 5.35. The maximum atomic E-state index is 5.52. The van der Waals surface area contributed by atoms with Crippen LogP contribution in [0.3, 0.4) is 0 Å². The van der Waals surface area contributed by atoms with E-state index in [1.165, 1.54) is 0 Å². The van der Waals surface area contributed by atoms with Crippen molar-refractivity contribution in [3.8, 4) is 12.3 Å². The average molecular weight is 190 g/mol. The van der Waals surface area contributed by atoms with Crippen LogP contribution in [0.25, 0.3) is 0 Å². The Bertz CT molecular complexity index is 329. The SMILES string of the molecule is C#CCC(CC)Nc1nccc(N)n1. The Morgan fingerprint density at radius 2 is 2.50 bits per heavy atom. The van der Waals surface area contributed by atoms with E-state index < -0.39 is 0 Å². The average Bonchev–Trinajstić information content (AvgIpc) is 2.17. The summed E-state index contributed by atoms with van der Waals surface area (Å²) < 4.78 is 0. The molecule has 1 heterocycles. The van der Waals surface area contributed by atoms with Crippen LogP contribution in [-0.4, -0.2) is 16.0 Å². The Labute approximate surface area is 83.9 Å². The normalized spacial score (nSPS) is 11.7. The summed E-state index contributed by atoms with van der Waals surface area (Å²) >= 11 is 0. The van der Waals surface area contributed by atoms with Crippen molar-refractivity contribution in [1.82, 2.24) is 9.97 Å². The van der Waals surface area contributed by atoms with E-state index in [4.69, 9.17) is 12.2 Å². The number of nitrogens with one attached hydrogen (secondary N) is 1. The number of anilines is 2. The Balaban J connectivity index is 2.63. The first-order valence-electron chi connectivity index (χ1n) is 4.54. The minimum absolute atomic E-state index is 0.210. The number of terminal acetylenes is 1. The summed E-state index contributed by atoms with van der Waals surface area (Å²) in [4.78, 5) is 8.07. The lowest BCUT2D eigenvalue weighted by Crippen LogP contribution is -2.19. The van der Waals surface area contributed by atoms with Crippen LogP contribution < -0.4 is 11.1 Å². The lowest BCUT2D eigenvalue weighted by Gasteiger charge is -2.13. The molecule has 1 aromatic heterocycles. The molecule has 0 amide bonds. The van der Waals surface area contributed by atoms with Crippen LogP contribution in [0, 0.1) is 12.3 Å². The van der Waals surface area contributed by atoms with Gasteiger partial charge in [0.25, 0.3) is 0 Å². The van der Waals surface area contributed by atoms with Crippen molar-refractivity contribution in [3.63, 3.8) is 0 Å². The van der Waals surface area contributed by atoms with Crippen molar-refractivity contribution in [3.05, 3.63) is 12.3 Å². The van der Waals surface area contributed by atoms with Gasteiger partial charge in [0.05, 0.1) is 0 Å². The second-order valence-electron chi connectivity index (χ2n) is 2.96. The fourth-order valence-electron chi connectivity index (χ4n) is 1.06. The van der Waals surface area contributed by atoms with Crippen LogP contribution in [0.4, 0.5) is 11.8 Å². The number of aromatic nitrogens is 2. The molecule has 1 aromatic rings. The summed E-state index contributed by atoms with van der Waals surface area (Å²) in [6.07, 6.45) is 8.45. The molecule has 0 saturated carbocycles. The topological polar surface area (TPSA) is 63.8 Å². The molecule has 0 bridgehead atoms. The number of nitrogens with zero attached hydrogens (tertiary/aromatic N) is 2. The lowest BCUT2D eigenvalue weighted by molar-refractivity contribution is 0.707. The molecule has 3 N–H and O–H groups in total. The summed E-state index contributed by atoms with van der Waals surface area (Å²) in [7, 11) is 0. The number of hydrogen-bond acceptors (Lipinski definition) is 4. The second-order valence-corrected chi connectivity index (χ2v) is 2.96. The number of rotatable bonds is 4. The molecule has 74 valence electrons. The molecule has 1 rings (SSSR count). The quantitative estimate of drug-likeness (QED) is 0.702. The van der Waals surface area contributed by atoms with E-state index in [2.05, 4.69) is 28.1 Å². The summed E-state index contributed by atoms with van der Waals surface area (Å²) in [6.45, 7) is 2.06. The third kappa shape index (κ3) is 2.94. The minimum atomic E-state index is 0.210. The summed E-state index contributed by atoms with van der Waals surface area (Å²) in [5.74, 6) is 3.60. The molecule has 4 nitrogen and oxygen atoms in total. The first-order chi connectivity index (χ1) is 6.76. The maximum absolute atomic E-state index is 5.52. The van der Waals surface area contributed by atoms with Gasteiger partial charge in [-0.1, -0.05) is 6.92 Å². The molecule has 0 spiro atoms. The Morgan fingerprint density at radius 3 is 3.07 bits per heavy atom. The molecule has 0 aliphatic heterocycles. The van der Waals surface area contributed by atoms with Crippen molar-refractivity contribution in [2.45, 2.75) is 25.8 Å². The Morgan fingerprint density at radius 1 is 1.71 bits per heavy atom. The van der Waals surface area contributed by atoms with Crippen LogP contribution >= 0.6 is 0 Å². The van der Waals surface area contributed by atoms with Gasteiger partial charge in [-0.05, 0) is 12.5 Å². The molecule has 14 heavy (non-hydrogen) atoms. The van der Waals surface area contributed by atoms with Crippen molar-refractivity contribution in [2.75, 3.05) is 11.1 Å². The first-order valence-corrected chi connectivity index (χ1v) is 4.54. The smallest absolute Gasteiger partial charge is 0.224 e. The van der Waals surface area contributed by atoms with E-state index in [9.17, 15) is 0 Å². The van der Waals surface area contributed by atoms with Gasteiger partial charge in [0.15, 0.2) is 0 Å². The van der Waals surface area contributed by atoms with Gasteiger partial charge in [-0.3, -0.25) is 0 Å². The van der Waals surface area contributed by atoms with Gasteiger partial charge in [0.2, 0.25) is 5.95 Å². The van der Waals surface area contributed by atoms with Gasteiger partial charge in [-0.25, -0.2) is 4.98 Å². The van der Waals surface area contributed by atoms with Gasteiger partial charge < -0.3 is 11.1 Å². The monoisotopic (exact) mass is 190 g/mol. The van der Waals surface area contributed by atoms with E-state index in [-0.39, 0.29) is 6.04 Å². The van der Waals surface area contributed by atoms with Gasteiger partial charge in [-0.15, -0.1) is 12.3 Å². The molecular weight excluding hydrogens is 176 g/mol. The molecule has 1 atom stereocenters. The molecule has 0 aliphatic carbocycles. The van der Waals surface area contributed by atoms with Crippen LogP contribution in [0.1, 0.15) is 19.8 Å². The fraction of sp³-hybridized carbons (Fsp3) is 0.400. The molecule has 0 saturated heterocycles. The highest BCUT2D eigenvalue weighted by Gasteiger charge is 2.05. The highest BCUT2D eigenvalue weighted by Crippen LogP contribution is 2.07. The van der Waals surface area contributed by atoms with Crippen LogP contribution in [0.2, 0.25) is 0 Å². The maximum Gasteiger partial charge on any atom is 0.224 e. The summed E-state index contributed by atoms with van der Waals surface area (Å²) in [6, 6.07) is 1.86. The predicted molar refractivity (Wildman–Crippen MR) is 57.6 cm³/mol. The molecule has 0 radical (unpaired) electrons. The zero-order valence-corrected chi connectivity index (χ0v) is 8.20. The zero-order chi connectivity index (χ0) is 10.4. The second kappa shape index (κ2) is 5.07. The van der Waals surface area contributed by atoms with Crippen LogP contribution in [0.15, 0.2) is 12.3 Å². The van der Waals surface area contributed by atoms with E-state index in [1.807, 2.05) is 0 Å². The van der Waals surface area contributed by atoms with E-state index in [0.717, 1.165) is 6.42 Å². The van der Waals surface area contributed by atoms with E-state index >= 15 is 0 Å². The fourth-order valence-corrected chi connectivity index (χ4v) is 1.06. The minimum Gasteiger partial charge on any atom is -0.384 e. The lowest BCUT2D eigenvalue weighted by atomic mass is 10.2. The summed E-state index contributed by atoms with van der Waals surface area (Å²) in [5, 5.41) is 3.13. The third-order valence-corrected chi connectivity index (χ3v) is 1.87. The summed E-state index contributed by atoms with van der Waals surface area (Å²) in [5.41, 5.74) is 5.52. The predicted octanol–water partition coefficient (Wildman–Crippen LogP) is 1.27. The van der Waals surface area contributed by atoms with Gasteiger partial charge in [0.1, 0.15) is 5.82 Å². The van der Waals surface area contributed by atoms with Gasteiger partial charge >= 0.3 is 0 Å². The van der Waals surface area contributed by atoms with Crippen LogP contribution in [-0.2, 0) is 0 Å². The van der Waals surface area contributed by atoms with Crippen molar-refractivity contribution in [2.24, 2.45) is 0 Å². The molecule has 0 fully saturated rings. The van der Waals surface area contributed by atoms with Crippen molar-refractivity contribution < 1.29 is 0 Å². The molecule has 1 unspecified atom stereocenters. The molecule has 0 aromatic carbocycles. The largest absolute Gasteiger partial charge is 0.384 e. The molecular formula is C10H14N4. The van der Waals surface area contributed by atoms with Crippen molar-refractivity contribution >= 4 is 11.8 Å². The molecule has 0 aliphatic rings. The number of nitrogens with two attached hydrogens (primary N) is 1. The van der Waals surface area contributed by atoms with Gasteiger partial charge in [-0.2, -0.15) is 4.98 Å². The molecule has 4 heteroatoms. The van der Waals surface area contributed by atoms with Crippen molar-refractivity contribution in [1.29, 1.82) is 0 Å². The van der Waals surface area contributed by atoms with E-state index in [1.54, 1.807) is 12.3 Å². The highest BCUT2D eigenvalue weighted by atomic mass is 15.1. The Kier molecular flexibility index (Phi) is 3.74. The Hall–Kier alpha value is -1.76. The number of nitrogen functional groups attached to an aromatic ring is 1.